The van der Waals surface area contributed by atoms with Crippen LogP contribution in [0.2, 0.25) is 0 Å². The molecule has 0 N–H and O–H groups in total. The third-order valence-electron chi connectivity index (χ3n) is 2.20. The van der Waals surface area contributed by atoms with E-state index in [0.717, 1.165) is 22.1 Å². The van der Waals surface area contributed by atoms with Crippen LogP contribution in [0.5, 0.6) is 0 Å². The van der Waals surface area contributed by atoms with E-state index >= 15 is 0 Å². The van der Waals surface area contributed by atoms with Gasteiger partial charge in [0.1, 0.15) is 5.76 Å². The van der Waals surface area contributed by atoms with Gasteiger partial charge in [-0.1, -0.05) is 6.92 Å². The Kier molecular flexibility index (Phi) is 5.41. The predicted octanol–water partition coefficient (Wildman–Crippen LogP) is 4.57. The summed E-state index contributed by atoms with van der Waals surface area (Å²) in [6.45, 7) is 2.12. The smallest absolute Gasteiger partial charge is 0.182 e. The van der Waals surface area contributed by atoms with Gasteiger partial charge in [-0.3, -0.25) is 4.79 Å². The van der Waals surface area contributed by atoms with Crippen LogP contribution < -0.4 is 0 Å². The van der Waals surface area contributed by atoms with Gasteiger partial charge in [0, 0.05) is 0 Å². The van der Waals surface area contributed by atoms with E-state index < -0.39 is 0 Å². The molecule has 0 spiro atoms. The van der Waals surface area contributed by atoms with Crippen molar-refractivity contribution in [1.82, 2.24) is 0 Å². The molecule has 0 fully saturated rings. The van der Waals surface area contributed by atoms with Crippen LogP contribution in [0.1, 0.15) is 22.4 Å². The predicted molar refractivity (Wildman–Crippen MR) is 79.9 cm³/mol. The Morgan fingerprint density at radius 3 is 3.00 bits per heavy atom. The zero-order valence-corrected chi connectivity index (χ0v) is 12.5. The number of Topliss-reactive ketones (excluding diaryl/α,β-unsaturated/α-hetero) is 1. The molecule has 0 aliphatic rings. The van der Waals surface area contributed by atoms with E-state index in [-0.39, 0.29) is 5.78 Å². The normalized spacial score (nSPS) is 10.7. The van der Waals surface area contributed by atoms with Gasteiger partial charge in [-0.15, -0.1) is 34.9 Å². The van der Waals surface area contributed by atoms with Crippen LogP contribution in [0.25, 0.3) is 0 Å². The molecule has 0 radical (unpaired) electrons. The van der Waals surface area contributed by atoms with E-state index in [4.69, 9.17) is 4.42 Å². The maximum atomic E-state index is 11.9. The first-order valence-corrected chi connectivity index (χ1v) is 8.61. The van der Waals surface area contributed by atoms with Gasteiger partial charge >= 0.3 is 0 Å². The largest absolute Gasteiger partial charge is 0.468 e. The van der Waals surface area contributed by atoms with Crippen LogP contribution in [0.4, 0.5) is 0 Å². The Balaban J connectivity index is 1.80. The maximum absolute atomic E-state index is 11.9. The second kappa shape index (κ2) is 7.07. The number of thiophene rings is 1. The highest BCUT2D eigenvalue weighted by molar-refractivity contribution is 8.01. The summed E-state index contributed by atoms with van der Waals surface area (Å²) in [5.41, 5.74) is 0. The molecular weight excluding hydrogens is 284 g/mol. The number of rotatable bonds is 7. The highest BCUT2D eigenvalue weighted by Crippen LogP contribution is 2.28. The average molecular weight is 298 g/mol. The van der Waals surface area contributed by atoms with E-state index in [1.165, 1.54) is 4.21 Å². The minimum Gasteiger partial charge on any atom is -0.468 e. The van der Waals surface area contributed by atoms with E-state index in [9.17, 15) is 4.79 Å². The summed E-state index contributed by atoms with van der Waals surface area (Å²) in [7, 11) is 0. The Hall–Kier alpha value is -0.650. The lowest BCUT2D eigenvalue weighted by molar-refractivity contribution is 0.102. The highest BCUT2D eigenvalue weighted by atomic mass is 32.2. The SMILES string of the molecule is CCSc1ccc(C(=O)CSCc2ccco2)s1. The number of ketones is 1. The molecule has 2 rings (SSSR count). The van der Waals surface area contributed by atoms with Crippen LogP contribution in [-0.4, -0.2) is 17.3 Å². The van der Waals surface area contributed by atoms with Crippen molar-refractivity contribution in [2.24, 2.45) is 0 Å². The second-order valence-corrected chi connectivity index (χ2v) is 7.18. The lowest BCUT2D eigenvalue weighted by atomic mass is 10.4. The van der Waals surface area contributed by atoms with Gasteiger partial charge in [-0.25, -0.2) is 0 Å². The first-order chi connectivity index (χ1) is 8.79. The molecule has 18 heavy (non-hydrogen) atoms. The van der Waals surface area contributed by atoms with Crippen LogP contribution >= 0.6 is 34.9 Å². The quantitative estimate of drug-likeness (QED) is 0.553. The molecule has 0 saturated carbocycles. The first-order valence-electron chi connectivity index (χ1n) is 5.65. The first kappa shape index (κ1) is 13.8. The summed E-state index contributed by atoms with van der Waals surface area (Å²) in [6, 6.07) is 7.76. The molecular formula is C13H14O2S3. The van der Waals surface area contributed by atoms with Gasteiger partial charge in [0.05, 0.1) is 26.9 Å². The minimum atomic E-state index is 0.208. The molecule has 2 aromatic rings. The van der Waals surface area contributed by atoms with E-state index in [0.29, 0.717) is 5.75 Å². The standard InChI is InChI=1S/C13H14O2S3/c1-2-17-13-6-5-12(18-13)11(14)9-16-8-10-4-3-7-15-10/h3-7H,2,8-9H2,1H3. The summed E-state index contributed by atoms with van der Waals surface area (Å²) >= 11 is 4.96. The molecule has 0 unspecified atom stereocenters. The molecule has 0 saturated heterocycles. The van der Waals surface area contributed by atoms with Crippen molar-refractivity contribution < 1.29 is 9.21 Å². The van der Waals surface area contributed by atoms with Gasteiger partial charge in [-0.2, -0.15) is 0 Å². The third-order valence-corrected chi connectivity index (χ3v) is 5.39. The lowest BCUT2D eigenvalue weighted by Gasteiger charge is -1.97. The maximum Gasteiger partial charge on any atom is 0.182 e. The summed E-state index contributed by atoms with van der Waals surface area (Å²) in [6.07, 6.45) is 1.66. The van der Waals surface area contributed by atoms with Gasteiger partial charge in [-0.05, 0) is 30.0 Å². The Bertz CT molecular complexity index is 488. The number of hydrogen-bond donors (Lipinski definition) is 0. The molecule has 2 heterocycles. The Labute approximate surface area is 119 Å². The molecule has 5 heteroatoms. The molecule has 0 atom stereocenters. The summed E-state index contributed by atoms with van der Waals surface area (Å²) in [4.78, 5) is 12.8. The molecule has 0 aromatic carbocycles. The molecule has 0 aliphatic carbocycles. The van der Waals surface area contributed by atoms with Crippen molar-refractivity contribution in [2.75, 3.05) is 11.5 Å². The molecule has 96 valence electrons. The van der Waals surface area contributed by atoms with Crippen LogP contribution in [0.3, 0.4) is 0 Å². The van der Waals surface area contributed by atoms with E-state index in [1.807, 2.05) is 24.3 Å². The van der Waals surface area contributed by atoms with E-state index in [1.54, 1.807) is 41.1 Å². The fourth-order valence-corrected chi connectivity index (χ4v) is 4.28. The summed E-state index contributed by atoms with van der Waals surface area (Å²) in [5.74, 6) is 3.43. The zero-order chi connectivity index (χ0) is 12.8. The van der Waals surface area contributed by atoms with Gasteiger partial charge < -0.3 is 4.42 Å². The van der Waals surface area contributed by atoms with Gasteiger partial charge in [0.15, 0.2) is 5.78 Å². The zero-order valence-electron chi connectivity index (χ0n) is 10.0. The van der Waals surface area contributed by atoms with Crippen molar-refractivity contribution in [1.29, 1.82) is 0 Å². The number of thioether (sulfide) groups is 2. The molecule has 0 bridgehead atoms. The average Bonchev–Trinajstić information content (AvgIpc) is 3.00. The van der Waals surface area contributed by atoms with Crippen LogP contribution in [-0.2, 0) is 5.75 Å². The minimum absolute atomic E-state index is 0.208. The number of hydrogen-bond acceptors (Lipinski definition) is 5. The monoisotopic (exact) mass is 298 g/mol. The third kappa shape index (κ3) is 3.93. The molecule has 2 nitrogen and oxygen atoms in total. The van der Waals surface area contributed by atoms with Crippen molar-refractivity contribution in [3.8, 4) is 0 Å². The lowest BCUT2D eigenvalue weighted by Crippen LogP contribution is -1.99. The van der Waals surface area contributed by atoms with Crippen molar-refractivity contribution in [3.05, 3.63) is 41.2 Å². The highest BCUT2D eigenvalue weighted by Gasteiger charge is 2.10. The van der Waals surface area contributed by atoms with Crippen LogP contribution in [0.15, 0.2) is 39.2 Å². The summed E-state index contributed by atoms with van der Waals surface area (Å²) < 4.78 is 6.44. The molecule has 0 amide bonds. The topological polar surface area (TPSA) is 30.2 Å². The van der Waals surface area contributed by atoms with Crippen molar-refractivity contribution in [3.63, 3.8) is 0 Å². The van der Waals surface area contributed by atoms with E-state index in [2.05, 4.69) is 6.92 Å². The molecule has 2 aromatic heterocycles. The van der Waals surface area contributed by atoms with Crippen molar-refractivity contribution >= 4 is 40.6 Å². The van der Waals surface area contributed by atoms with Gasteiger partial charge in [0.25, 0.3) is 0 Å². The number of carbonyl (C=O) groups excluding carboxylic acids is 1. The fourth-order valence-electron chi connectivity index (χ4n) is 1.40. The Morgan fingerprint density at radius 2 is 2.28 bits per heavy atom. The summed E-state index contributed by atoms with van der Waals surface area (Å²) in [5, 5.41) is 0. The number of carbonyl (C=O) groups is 1. The van der Waals surface area contributed by atoms with Gasteiger partial charge in [0.2, 0.25) is 0 Å². The van der Waals surface area contributed by atoms with Crippen molar-refractivity contribution in [2.45, 2.75) is 16.9 Å². The second-order valence-electron chi connectivity index (χ2n) is 3.55. The number of furan rings is 1. The van der Waals surface area contributed by atoms with Crippen LogP contribution in [0, 0.1) is 0 Å². The Morgan fingerprint density at radius 1 is 1.39 bits per heavy atom. The molecule has 0 aliphatic heterocycles. The fraction of sp³-hybridized carbons (Fsp3) is 0.308.